The summed E-state index contributed by atoms with van der Waals surface area (Å²) in [4.78, 5) is 4.01. The van der Waals surface area contributed by atoms with Crippen LogP contribution < -0.4 is 0 Å². The van der Waals surface area contributed by atoms with E-state index in [2.05, 4.69) is 4.98 Å². The molecule has 1 heterocycles. The van der Waals surface area contributed by atoms with E-state index in [-0.39, 0.29) is 0 Å². The number of nitrogens with zero attached hydrogens (tertiary/aromatic N) is 1. The van der Waals surface area contributed by atoms with Crippen LogP contribution in [0.15, 0.2) is 24.5 Å². The Kier molecular flexibility index (Phi) is 3.59. The molecule has 1 aromatic heterocycles. The van der Waals surface area contributed by atoms with Crippen molar-refractivity contribution >= 4 is 0 Å². The Labute approximate surface area is 97.7 Å². The third kappa shape index (κ3) is 2.82. The molecule has 88 valence electrons. The zero-order chi connectivity index (χ0) is 11.4. The van der Waals surface area contributed by atoms with Crippen molar-refractivity contribution in [3.8, 4) is 0 Å². The third-order valence-corrected chi connectivity index (χ3v) is 3.80. The molecule has 0 aliphatic heterocycles. The molecule has 1 saturated carbocycles. The predicted octanol–water partition coefficient (Wildman–Crippen LogP) is 2.96. The lowest BCUT2D eigenvalue weighted by molar-refractivity contribution is -0.0159. The fourth-order valence-corrected chi connectivity index (χ4v) is 2.78. The van der Waals surface area contributed by atoms with Crippen LogP contribution in [0, 0.1) is 5.92 Å². The molecule has 1 aliphatic carbocycles. The Balaban J connectivity index is 2.01. The van der Waals surface area contributed by atoms with Gasteiger partial charge in [-0.2, -0.15) is 0 Å². The lowest BCUT2D eigenvalue weighted by atomic mass is 9.75. The first-order valence-electron chi connectivity index (χ1n) is 6.30. The van der Waals surface area contributed by atoms with Crippen molar-refractivity contribution < 1.29 is 5.11 Å². The molecule has 0 radical (unpaired) electrons. The third-order valence-electron chi connectivity index (χ3n) is 3.80. The molecule has 2 heteroatoms. The van der Waals surface area contributed by atoms with Crippen LogP contribution >= 0.6 is 0 Å². The van der Waals surface area contributed by atoms with Gasteiger partial charge in [-0.15, -0.1) is 0 Å². The normalized spacial score (nSPS) is 21.6. The van der Waals surface area contributed by atoms with Gasteiger partial charge in [0.05, 0.1) is 5.60 Å². The molecular formula is C14H21NO. The number of aromatic nitrogens is 1. The highest BCUT2D eigenvalue weighted by atomic mass is 16.3. The second kappa shape index (κ2) is 4.96. The van der Waals surface area contributed by atoms with Gasteiger partial charge in [-0.25, -0.2) is 0 Å². The highest BCUT2D eigenvalue weighted by molar-refractivity contribution is 5.13. The van der Waals surface area contributed by atoms with Gasteiger partial charge in [-0.1, -0.05) is 19.3 Å². The van der Waals surface area contributed by atoms with Crippen LogP contribution in [0.2, 0.25) is 0 Å². The summed E-state index contributed by atoms with van der Waals surface area (Å²) in [6.07, 6.45) is 10.6. The van der Waals surface area contributed by atoms with Crippen molar-refractivity contribution in [1.82, 2.24) is 4.98 Å². The second-order valence-corrected chi connectivity index (χ2v) is 5.22. The summed E-state index contributed by atoms with van der Waals surface area (Å²) >= 11 is 0. The quantitative estimate of drug-likeness (QED) is 0.848. The molecule has 1 atom stereocenters. The van der Waals surface area contributed by atoms with E-state index in [9.17, 15) is 5.11 Å². The lowest BCUT2D eigenvalue weighted by Crippen LogP contribution is -2.38. The summed E-state index contributed by atoms with van der Waals surface area (Å²) in [5.41, 5.74) is 0.632. The second-order valence-electron chi connectivity index (χ2n) is 5.22. The van der Waals surface area contributed by atoms with E-state index in [4.69, 9.17) is 0 Å². The van der Waals surface area contributed by atoms with Crippen molar-refractivity contribution in [2.75, 3.05) is 0 Å². The van der Waals surface area contributed by atoms with Crippen LogP contribution in [0.1, 0.15) is 44.6 Å². The molecule has 0 amide bonds. The Morgan fingerprint density at radius 3 is 2.50 bits per heavy atom. The number of rotatable bonds is 3. The molecule has 0 bridgehead atoms. The van der Waals surface area contributed by atoms with Gasteiger partial charge in [-0.05, 0) is 43.4 Å². The Morgan fingerprint density at radius 1 is 1.25 bits per heavy atom. The maximum atomic E-state index is 10.6. The minimum atomic E-state index is -0.554. The molecule has 1 aliphatic rings. The monoisotopic (exact) mass is 219 g/mol. The SMILES string of the molecule is CC(O)(Cc1ccncc1)C1CCCCC1. The Bertz CT molecular complexity index is 315. The number of hydrogen-bond acceptors (Lipinski definition) is 2. The van der Waals surface area contributed by atoms with Gasteiger partial charge in [0, 0.05) is 18.8 Å². The first kappa shape index (κ1) is 11.6. The van der Waals surface area contributed by atoms with Crippen LogP contribution in [-0.2, 0) is 6.42 Å². The van der Waals surface area contributed by atoms with Gasteiger partial charge >= 0.3 is 0 Å². The van der Waals surface area contributed by atoms with Crippen molar-refractivity contribution in [2.24, 2.45) is 5.92 Å². The summed E-state index contributed by atoms with van der Waals surface area (Å²) in [6, 6.07) is 3.99. The Hall–Kier alpha value is -0.890. The van der Waals surface area contributed by atoms with Crippen molar-refractivity contribution in [1.29, 1.82) is 0 Å². The van der Waals surface area contributed by atoms with Crippen LogP contribution in [0.4, 0.5) is 0 Å². The highest BCUT2D eigenvalue weighted by Gasteiger charge is 2.32. The van der Waals surface area contributed by atoms with Gasteiger partial charge in [0.1, 0.15) is 0 Å². The van der Waals surface area contributed by atoms with E-state index in [0.717, 1.165) is 6.42 Å². The largest absolute Gasteiger partial charge is 0.390 e. The molecule has 1 unspecified atom stereocenters. The number of aliphatic hydroxyl groups is 1. The topological polar surface area (TPSA) is 33.1 Å². The van der Waals surface area contributed by atoms with Gasteiger partial charge < -0.3 is 5.11 Å². The van der Waals surface area contributed by atoms with E-state index < -0.39 is 5.60 Å². The minimum absolute atomic E-state index is 0.467. The lowest BCUT2D eigenvalue weighted by Gasteiger charge is -2.35. The van der Waals surface area contributed by atoms with Crippen LogP contribution in [0.25, 0.3) is 0 Å². The van der Waals surface area contributed by atoms with Crippen LogP contribution in [-0.4, -0.2) is 15.7 Å². The molecule has 0 aromatic carbocycles. The maximum absolute atomic E-state index is 10.6. The predicted molar refractivity (Wildman–Crippen MR) is 65.1 cm³/mol. The summed E-state index contributed by atoms with van der Waals surface area (Å²) < 4.78 is 0. The van der Waals surface area contributed by atoms with Crippen molar-refractivity contribution in [2.45, 2.75) is 51.0 Å². The average Bonchev–Trinajstić information content (AvgIpc) is 2.31. The van der Waals surface area contributed by atoms with E-state index in [1.807, 2.05) is 19.1 Å². The number of hydrogen-bond donors (Lipinski definition) is 1. The van der Waals surface area contributed by atoms with Gasteiger partial charge in [0.25, 0.3) is 0 Å². The summed E-state index contributed by atoms with van der Waals surface area (Å²) in [7, 11) is 0. The minimum Gasteiger partial charge on any atom is -0.390 e. The molecular weight excluding hydrogens is 198 g/mol. The Morgan fingerprint density at radius 2 is 1.88 bits per heavy atom. The molecule has 0 saturated heterocycles. The molecule has 1 fully saturated rings. The molecule has 2 rings (SSSR count). The molecule has 1 N–H and O–H groups in total. The van der Waals surface area contributed by atoms with E-state index in [1.165, 1.54) is 37.7 Å². The molecule has 2 nitrogen and oxygen atoms in total. The molecule has 0 spiro atoms. The number of pyridine rings is 1. The first-order chi connectivity index (χ1) is 7.68. The van der Waals surface area contributed by atoms with Crippen molar-refractivity contribution in [3.63, 3.8) is 0 Å². The molecule has 16 heavy (non-hydrogen) atoms. The zero-order valence-electron chi connectivity index (χ0n) is 10.0. The van der Waals surface area contributed by atoms with E-state index in [0.29, 0.717) is 5.92 Å². The fraction of sp³-hybridized carbons (Fsp3) is 0.643. The van der Waals surface area contributed by atoms with Crippen LogP contribution in [0.5, 0.6) is 0 Å². The first-order valence-corrected chi connectivity index (χ1v) is 6.30. The van der Waals surface area contributed by atoms with Crippen LogP contribution in [0.3, 0.4) is 0 Å². The molecule has 1 aromatic rings. The van der Waals surface area contributed by atoms with Crippen molar-refractivity contribution in [3.05, 3.63) is 30.1 Å². The average molecular weight is 219 g/mol. The summed E-state index contributed by atoms with van der Waals surface area (Å²) in [6.45, 7) is 1.99. The summed E-state index contributed by atoms with van der Waals surface area (Å²) in [5.74, 6) is 0.467. The van der Waals surface area contributed by atoms with E-state index in [1.54, 1.807) is 12.4 Å². The fourth-order valence-electron chi connectivity index (χ4n) is 2.78. The maximum Gasteiger partial charge on any atom is 0.0687 e. The van der Waals surface area contributed by atoms with Gasteiger partial charge in [-0.3, -0.25) is 4.98 Å². The smallest absolute Gasteiger partial charge is 0.0687 e. The van der Waals surface area contributed by atoms with Gasteiger partial charge in [0.2, 0.25) is 0 Å². The summed E-state index contributed by atoms with van der Waals surface area (Å²) in [5, 5.41) is 10.6. The zero-order valence-corrected chi connectivity index (χ0v) is 10.0. The highest BCUT2D eigenvalue weighted by Crippen LogP contribution is 2.34. The van der Waals surface area contributed by atoms with Gasteiger partial charge in [0.15, 0.2) is 0 Å². The standard InChI is InChI=1S/C14H21NO/c1-14(16,13-5-3-2-4-6-13)11-12-7-9-15-10-8-12/h7-10,13,16H,2-6,11H2,1H3. The van der Waals surface area contributed by atoms with E-state index >= 15 is 0 Å².